The minimum Gasteiger partial charge on any atom is -0.595 e. The number of rotatable bonds is 5. The SMILES string of the molecule is O=C1c2cccc3cc([NH+]([O-])O)cc(c23)C(=O)N1C(Cc1ccccc1)c1ccccc1. The van der Waals surface area contributed by atoms with E-state index in [0.717, 1.165) is 11.1 Å². The molecule has 4 aromatic rings. The van der Waals surface area contributed by atoms with Crippen LogP contribution in [-0.2, 0) is 6.42 Å². The number of nitrogens with one attached hydrogen (secondary N) is 1. The zero-order chi connectivity index (χ0) is 22.2. The Hall–Kier alpha value is -3.84. The van der Waals surface area contributed by atoms with Crippen LogP contribution in [0.2, 0.25) is 0 Å². The molecule has 0 fully saturated rings. The molecule has 158 valence electrons. The van der Waals surface area contributed by atoms with Crippen molar-refractivity contribution in [3.8, 4) is 0 Å². The molecule has 32 heavy (non-hydrogen) atoms. The third kappa shape index (κ3) is 3.36. The van der Waals surface area contributed by atoms with Gasteiger partial charge < -0.3 is 5.21 Å². The van der Waals surface area contributed by atoms with E-state index in [2.05, 4.69) is 0 Å². The molecule has 0 radical (unpaired) electrons. The van der Waals surface area contributed by atoms with E-state index in [4.69, 9.17) is 0 Å². The molecule has 2 unspecified atom stereocenters. The van der Waals surface area contributed by atoms with Gasteiger partial charge in [0, 0.05) is 23.1 Å². The maximum Gasteiger partial charge on any atom is 0.262 e. The van der Waals surface area contributed by atoms with Gasteiger partial charge in [-0.15, -0.1) is 0 Å². The lowest BCUT2D eigenvalue weighted by Gasteiger charge is -2.34. The Labute approximate surface area is 184 Å². The van der Waals surface area contributed by atoms with Crippen LogP contribution in [0, 0.1) is 5.21 Å². The van der Waals surface area contributed by atoms with E-state index in [9.17, 15) is 20.0 Å². The fourth-order valence-corrected chi connectivity index (χ4v) is 4.40. The van der Waals surface area contributed by atoms with E-state index in [-0.39, 0.29) is 17.2 Å². The molecule has 2 amide bonds. The molecule has 0 aromatic heterocycles. The van der Waals surface area contributed by atoms with E-state index in [1.807, 2.05) is 60.7 Å². The molecule has 2 N–H and O–H groups in total. The van der Waals surface area contributed by atoms with Gasteiger partial charge >= 0.3 is 0 Å². The van der Waals surface area contributed by atoms with Crippen molar-refractivity contribution in [1.29, 1.82) is 0 Å². The predicted octanol–water partition coefficient (Wildman–Crippen LogP) is 3.82. The minimum atomic E-state index is -1.12. The number of carbonyl (C=O) groups excluding carboxylic acids is 2. The average Bonchev–Trinajstić information content (AvgIpc) is 2.82. The number of amides is 2. The summed E-state index contributed by atoms with van der Waals surface area (Å²) in [6.07, 6.45) is 0.451. The van der Waals surface area contributed by atoms with Crippen molar-refractivity contribution in [2.24, 2.45) is 0 Å². The number of hydrogen-bond donors (Lipinski definition) is 2. The lowest BCUT2D eigenvalue weighted by Crippen LogP contribution is -2.99. The van der Waals surface area contributed by atoms with Gasteiger partial charge in [-0.2, -0.15) is 5.23 Å². The molecule has 5 rings (SSSR count). The summed E-state index contributed by atoms with van der Waals surface area (Å²) in [6, 6.07) is 26.6. The normalized spacial score (nSPS) is 15.1. The number of carbonyl (C=O) groups is 2. The quantitative estimate of drug-likeness (QED) is 0.377. The third-order valence-electron chi connectivity index (χ3n) is 5.89. The average molecular weight is 424 g/mol. The molecular formula is C26H20N2O4. The van der Waals surface area contributed by atoms with Crippen LogP contribution in [0.15, 0.2) is 91.0 Å². The van der Waals surface area contributed by atoms with E-state index >= 15 is 0 Å². The largest absolute Gasteiger partial charge is 0.595 e. The number of benzene rings is 4. The Balaban J connectivity index is 1.68. The zero-order valence-electron chi connectivity index (χ0n) is 17.1. The van der Waals surface area contributed by atoms with Crippen molar-refractivity contribution in [1.82, 2.24) is 4.90 Å². The van der Waals surface area contributed by atoms with Gasteiger partial charge in [0.25, 0.3) is 11.8 Å². The second-order valence-corrected chi connectivity index (χ2v) is 7.83. The van der Waals surface area contributed by atoms with Gasteiger partial charge in [-0.3, -0.25) is 14.5 Å². The Morgan fingerprint density at radius 2 is 1.47 bits per heavy atom. The van der Waals surface area contributed by atoms with Gasteiger partial charge in [0.15, 0.2) is 5.69 Å². The van der Waals surface area contributed by atoms with Gasteiger partial charge in [0.05, 0.1) is 11.6 Å². The summed E-state index contributed by atoms with van der Waals surface area (Å²) in [5.74, 6) is -0.854. The molecule has 1 aliphatic heterocycles. The molecule has 0 saturated heterocycles. The number of quaternary nitrogens is 1. The maximum atomic E-state index is 13.7. The molecule has 6 heteroatoms. The molecule has 1 heterocycles. The minimum absolute atomic E-state index is 0.0200. The third-order valence-corrected chi connectivity index (χ3v) is 5.89. The Morgan fingerprint density at radius 1 is 0.812 bits per heavy atom. The van der Waals surface area contributed by atoms with Crippen LogP contribution in [0.5, 0.6) is 0 Å². The highest BCUT2D eigenvalue weighted by Crippen LogP contribution is 2.37. The number of imide groups is 1. The molecule has 0 bridgehead atoms. The molecule has 0 aliphatic carbocycles. The topological polar surface area (TPSA) is 85.1 Å². The highest BCUT2D eigenvalue weighted by molar-refractivity contribution is 6.26. The highest BCUT2D eigenvalue weighted by atomic mass is 16.8. The first-order chi connectivity index (χ1) is 15.5. The van der Waals surface area contributed by atoms with Crippen LogP contribution in [0.25, 0.3) is 10.8 Å². The summed E-state index contributed by atoms with van der Waals surface area (Å²) >= 11 is 0. The van der Waals surface area contributed by atoms with E-state index < -0.39 is 17.2 Å². The van der Waals surface area contributed by atoms with E-state index in [0.29, 0.717) is 22.8 Å². The smallest absolute Gasteiger partial charge is 0.262 e. The summed E-state index contributed by atoms with van der Waals surface area (Å²) in [6.45, 7) is 0. The van der Waals surface area contributed by atoms with Crippen LogP contribution in [0.1, 0.15) is 37.9 Å². The van der Waals surface area contributed by atoms with Crippen LogP contribution in [-0.4, -0.2) is 21.9 Å². The Kier molecular flexibility index (Phi) is 5.03. The van der Waals surface area contributed by atoms with Gasteiger partial charge in [-0.25, -0.2) is 5.21 Å². The van der Waals surface area contributed by atoms with Crippen molar-refractivity contribution in [2.45, 2.75) is 12.5 Å². The Morgan fingerprint density at radius 3 is 2.16 bits per heavy atom. The summed E-state index contributed by atoms with van der Waals surface area (Å²) in [5.41, 5.74) is 2.49. The molecule has 0 saturated carbocycles. The van der Waals surface area contributed by atoms with Crippen LogP contribution < -0.4 is 5.23 Å². The highest BCUT2D eigenvalue weighted by Gasteiger charge is 2.38. The van der Waals surface area contributed by atoms with E-state index in [1.165, 1.54) is 17.0 Å². The summed E-state index contributed by atoms with van der Waals surface area (Å²) < 4.78 is 0. The zero-order valence-corrected chi connectivity index (χ0v) is 17.1. The van der Waals surface area contributed by atoms with E-state index in [1.54, 1.807) is 18.2 Å². The van der Waals surface area contributed by atoms with Gasteiger partial charge in [-0.05, 0) is 29.0 Å². The molecule has 0 spiro atoms. The van der Waals surface area contributed by atoms with Crippen molar-refractivity contribution in [3.05, 3.63) is 118 Å². The fourth-order valence-electron chi connectivity index (χ4n) is 4.40. The molecular weight excluding hydrogens is 404 g/mol. The Bertz CT molecular complexity index is 1320. The van der Waals surface area contributed by atoms with Crippen LogP contribution in [0.3, 0.4) is 0 Å². The first-order valence-corrected chi connectivity index (χ1v) is 10.3. The first-order valence-electron chi connectivity index (χ1n) is 10.3. The molecule has 6 nitrogen and oxygen atoms in total. The van der Waals surface area contributed by atoms with Crippen molar-refractivity contribution >= 4 is 28.3 Å². The predicted molar refractivity (Wildman–Crippen MR) is 120 cm³/mol. The standard InChI is InChI=1S/C26H20N2O4/c29-25-21-13-7-12-19-15-20(28(31)32)16-22(24(19)21)26(30)27(25)23(18-10-5-2-6-11-18)14-17-8-3-1-4-9-17/h1-13,15-16,23,28,31H,14H2. The van der Waals surface area contributed by atoms with Gasteiger partial charge in [0.2, 0.25) is 0 Å². The van der Waals surface area contributed by atoms with Crippen molar-refractivity contribution in [2.75, 3.05) is 0 Å². The molecule has 4 aromatic carbocycles. The molecule has 2 atom stereocenters. The maximum absolute atomic E-state index is 13.7. The van der Waals surface area contributed by atoms with Gasteiger partial charge in [0.1, 0.15) is 0 Å². The lowest BCUT2D eigenvalue weighted by atomic mass is 9.89. The monoisotopic (exact) mass is 424 g/mol. The first kappa shape index (κ1) is 20.1. The second kappa shape index (κ2) is 8.01. The van der Waals surface area contributed by atoms with Crippen molar-refractivity contribution < 1.29 is 20.0 Å². The summed E-state index contributed by atoms with van der Waals surface area (Å²) in [7, 11) is 0. The van der Waals surface area contributed by atoms with Crippen molar-refractivity contribution in [3.63, 3.8) is 0 Å². The fraction of sp³-hybridized carbons (Fsp3) is 0.0769. The summed E-state index contributed by atoms with van der Waals surface area (Å²) in [4.78, 5) is 28.6. The molecule has 1 aliphatic rings. The summed E-state index contributed by atoms with van der Waals surface area (Å²) in [5, 5.41) is 21.2. The number of hydrogen-bond acceptors (Lipinski definition) is 4. The van der Waals surface area contributed by atoms with Gasteiger partial charge in [-0.1, -0.05) is 72.8 Å². The van der Waals surface area contributed by atoms with Crippen LogP contribution in [0.4, 0.5) is 5.69 Å². The lowest BCUT2D eigenvalue weighted by molar-refractivity contribution is -0.991. The second-order valence-electron chi connectivity index (χ2n) is 7.83. The van der Waals surface area contributed by atoms with Crippen LogP contribution >= 0.6 is 0 Å². The number of nitrogens with zero attached hydrogens (tertiary/aromatic N) is 1.